The van der Waals surface area contributed by atoms with Gasteiger partial charge in [-0.1, -0.05) is 42.5 Å². The maximum atomic E-state index is 13.0. The predicted octanol–water partition coefficient (Wildman–Crippen LogP) is 4.74. The highest BCUT2D eigenvalue weighted by molar-refractivity contribution is 6.06. The van der Waals surface area contributed by atoms with Gasteiger partial charge in [0.15, 0.2) is 0 Å². The lowest BCUT2D eigenvalue weighted by molar-refractivity contribution is 0.0546. The number of nitrogens with zero attached hydrogens (tertiary/aromatic N) is 3. The van der Waals surface area contributed by atoms with Gasteiger partial charge in [-0.25, -0.2) is 9.97 Å². The van der Waals surface area contributed by atoms with Gasteiger partial charge >= 0.3 is 0 Å². The molecule has 6 rings (SSSR count). The van der Waals surface area contributed by atoms with E-state index < -0.39 is 0 Å². The predicted molar refractivity (Wildman–Crippen MR) is 141 cm³/mol. The van der Waals surface area contributed by atoms with Crippen LogP contribution >= 0.6 is 0 Å². The summed E-state index contributed by atoms with van der Waals surface area (Å²) in [6.07, 6.45) is 4.72. The average Bonchev–Trinajstić information content (AvgIpc) is 3.61. The molecule has 0 aliphatic carbocycles. The molecule has 1 atom stereocenters. The van der Waals surface area contributed by atoms with Crippen molar-refractivity contribution in [1.82, 2.24) is 14.9 Å². The molecule has 1 unspecified atom stereocenters. The van der Waals surface area contributed by atoms with Gasteiger partial charge in [-0.3, -0.25) is 4.79 Å². The van der Waals surface area contributed by atoms with Crippen LogP contribution in [0.3, 0.4) is 0 Å². The molecule has 2 aromatic heterocycles. The molecule has 2 aromatic carbocycles. The first-order valence-electron chi connectivity index (χ1n) is 12.9. The second kappa shape index (κ2) is 10.3. The number of furan rings is 1. The summed E-state index contributed by atoms with van der Waals surface area (Å²) < 4.78 is 12.1. The number of likely N-dealkylation sites (tertiary alicyclic amines) is 1. The third-order valence-electron chi connectivity index (χ3n) is 7.22. The molecule has 190 valence electrons. The summed E-state index contributed by atoms with van der Waals surface area (Å²) in [4.78, 5) is 23.8. The van der Waals surface area contributed by atoms with Crippen molar-refractivity contribution in [3.05, 3.63) is 66.5 Å². The molecule has 0 saturated carbocycles. The van der Waals surface area contributed by atoms with Crippen molar-refractivity contribution >= 4 is 22.8 Å². The lowest BCUT2D eigenvalue weighted by atomic mass is 9.98. The van der Waals surface area contributed by atoms with Crippen LogP contribution < -0.4 is 5.32 Å². The summed E-state index contributed by atoms with van der Waals surface area (Å²) in [5, 5.41) is 14.1. The molecular weight excluding hydrogens is 468 g/mol. The third kappa shape index (κ3) is 4.82. The van der Waals surface area contributed by atoms with E-state index in [1.54, 1.807) is 4.90 Å². The van der Waals surface area contributed by atoms with E-state index in [-0.39, 0.29) is 18.1 Å². The van der Waals surface area contributed by atoms with Crippen LogP contribution in [0, 0.1) is 0 Å². The second-order valence-electron chi connectivity index (χ2n) is 9.69. The van der Waals surface area contributed by atoms with E-state index in [2.05, 4.69) is 15.3 Å². The Hall–Kier alpha value is -3.75. The normalized spacial score (nSPS) is 18.4. The number of benzene rings is 2. The number of anilines is 1. The van der Waals surface area contributed by atoms with Crippen LogP contribution in [0.25, 0.3) is 33.6 Å². The zero-order chi connectivity index (χ0) is 25.2. The summed E-state index contributed by atoms with van der Waals surface area (Å²) in [7, 11) is 0. The van der Waals surface area contributed by atoms with Crippen LogP contribution in [-0.2, 0) is 4.74 Å². The molecule has 2 aliphatic rings. The van der Waals surface area contributed by atoms with Crippen LogP contribution in [0.2, 0.25) is 0 Å². The number of carbonyl (C=O) groups is 1. The largest absolute Gasteiger partial charge is 0.437 e. The molecule has 0 radical (unpaired) electrons. The number of fused-ring (bicyclic) bond motifs is 1. The third-order valence-corrected chi connectivity index (χ3v) is 7.22. The van der Waals surface area contributed by atoms with Gasteiger partial charge in [0.2, 0.25) is 5.71 Å². The Morgan fingerprint density at radius 3 is 2.51 bits per heavy atom. The van der Waals surface area contributed by atoms with Gasteiger partial charge in [0.05, 0.1) is 17.6 Å². The number of nitrogens with one attached hydrogen (secondary N) is 1. The molecule has 8 nitrogen and oxygen atoms in total. The van der Waals surface area contributed by atoms with Crippen LogP contribution in [0.1, 0.15) is 36.0 Å². The fraction of sp³-hybridized carbons (Fsp3) is 0.345. The van der Waals surface area contributed by atoms with Gasteiger partial charge in [-0.05, 0) is 43.4 Å². The van der Waals surface area contributed by atoms with Gasteiger partial charge in [0.1, 0.15) is 17.9 Å². The summed E-state index contributed by atoms with van der Waals surface area (Å²) in [6.45, 7) is 2.62. The first-order chi connectivity index (χ1) is 18.2. The molecule has 0 bridgehead atoms. The Morgan fingerprint density at radius 2 is 1.78 bits per heavy atom. The maximum Gasteiger partial charge on any atom is 0.253 e. The maximum absolute atomic E-state index is 13.0. The van der Waals surface area contributed by atoms with Crippen molar-refractivity contribution in [2.75, 3.05) is 31.6 Å². The number of aliphatic hydroxyl groups is 1. The Bertz CT molecular complexity index is 1370. The number of hydrogen-bond acceptors (Lipinski definition) is 7. The van der Waals surface area contributed by atoms with Crippen LogP contribution in [0.4, 0.5) is 5.82 Å². The first-order valence-corrected chi connectivity index (χ1v) is 12.9. The number of aliphatic hydroxyl groups excluding tert-OH is 1. The van der Waals surface area contributed by atoms with E-state index in [9.17, 15) is 9.90 Å². The molecule has 2 aliphatic heterocycles. The number of hydrogen-bond donors (Lipinski definition) is 2. The van der Waals surface area contributed by atoms with Gasteiger partial charge in [-0.2, -0.15) is 0 Å². The molecular formula is C29H30N4O4. The topological polar surface area (TPSA) is 101 Å². The van der Waals surface area contributed by atoms with Crippen molar-refractivity contribution in [1.29, 1.82) is 0 Å². The summed E-state index contributed by atoms with van der Waals surface area (Å²) in [5.41, 5.74) is 3.89. The standard InChI is InChI=1S/C29H30N4O4/c34-22-12-14-33(15-13-22)29(35)21-10-8-20(9-11-21)26-24(19-5-2-1-3-6-19)25-27(31-18-32-28(25)37-26)30-17-23-7-4-16-36-23/h1-3,5-6,8-11,18,22-23,34H,4,7,12-17H2,(H,30,31,32). The Balaban J connectivity index is 1.36. The van der Waals surface area contributed by atoms with Crippen molar-refractivity contribution in [3.8, 4) is 22.5 Å². The minimum atomic E-state index is -0.316. The van der Waals surface area contributed by atoms with Crippen molar-refractivity contribution < 1.29 is 19.1 Å². The average molecular weight is 499 g/mol. The molecule has 2 fully saturated rings. The first kappa shape index (κ1) is 23.6. The fourth-order valence-electron chi connectivity index (χ4n) is 5.18. The molecule has 8 heteroatoms. The molecule has 4 aromatic rings. The van der Waals surface area contributed by atoms with E-state index in [1.807, 2.05) is 54.6 Å². The molecule has 4 heterocycles. The van der Waals surface area contributed by atoms with Gasteiger partial charge < -0.3 is 24.5 Å². The minimum absolute atomic E-state index is 0.0159. The quantitative estimate of drug-likeness (QED) is 0.396. The zero-order valence-electron chi connectivity index (χ0n) is 20.6. The highest BCUT2D eigenvalue weighted by atomic mass is 16.5. The summed E-state index contributed by atoms with van der Waals surface area (Å²) in [6, 6.07) is 17.6. The Kier molecular flexibility index (Phi) is 6.59. The van der Waals surface area contributed by atoms with Crippen molar-refractivity contribution in [2.45, 2.75) is 37.9 Å². The van der Waals surface area contributed by atoms with E-state index in [1.165, 1.54) is 6.33 Å². The van der Waals surface area contributed by atoms with E-state index in [0.29, 0.717) is 55.3 Å². The zero-order valence-corrected chi connectivity index (χ0v) is 20.6. The highest BCUT2D eigenvalue weighted by Gasteiger charge is 2.25. The number of amides is 1. The fourth-order valence-corrected chi connectivity index (χ4v) is 5.18. The van der Waals surface area contributed by atoms with Gasteiger partial charge in [0, 0.05) is 42.9 Å². The van der Waals surface area contributed by atoms with Gasteiger partial charge in [-0.15, -0.1) is 0 Å². The van der Waals surface area contributed by atoms with Gasteiger partial charge in [0.25, 0.3) is 5.91 Å². The molecule has 2 N–H and O–H groups in total. The number of rotatable bonds is 6. The van der Waals surface area contributed by atoms with Crippen molar-refractivity contribution in [2.24, 2.45) is 0 Å². The van der Waals surface area contributed by atoms with E-state index in [0.717, 1.165) is 41.5 Å². The minimum Gasteiger partial charge on any atom is -0.437 e. The summed E-state index contributed by atoms with van der Waals surface area (Å²) >= 11 is 0. The Morgan fingerprint density at radius 1 is 1.00 bits per heavy atom. The second-order valence-corrected chi connectivity index (χ2v) is 9.69. The highest BCUT2D eigenvalue weighted by Crippen LogP contribution is 2.42. The monoisotopic (exact) mass is 498 g/mol. The lowest BCUT2D eigenvalue weighted by Gasteiger charge is -2.29. The van der Waals surface area contributed by atoms with E-state index in [4.69, 9.17) is 9.15 Å². The number of piperidine rings is 1. The van der Waals surface area contributed by atoms with Crippen LogP contribution in [0.5, 0.6) is 0 Å². The van der Waals surface area contributed by atoms with Crippen LogP contribution in [0.15, 0.2) is 65.3 Å². The SMILES string of the molecule is O=C(c1ccc(-c2oc3ncnc(NCC4CCCO4)c3c2-c2ccccc2)cc1)N1CCC(O)CC1. The lowest BCUT2D eigenvalue weighted by Crippen LogP contribution is -2.40. The molecule has 1 amide bonds. The molecule has 0 spiro atoms. The van der Waals surface area contributed by atoms with Crippen LogP contribution in [-0.4, -0.2) is 64.3 Å². The number of aromatic nitrogens is 2. The number of ether oxygens (including phenoxy) is 1. The molecule has 37 heavy (non-hydrogen) atoms. The van der Waals surface area contributed by atoms with E-state index >= 15 is 0 Å². The molecule has 2 saturated heterocycles. The Labute approximate surface area is 215 Å². The van der Waals surface area contributed by atoms with Crippen molar-refractivity contribution in [3.63, 3.8) is 0 Å². The summed E-state index contributed by atoms with van der Waals surface area (Å²) in [5.74, 6) is 1.38. The smallest absolute Gasteiger partial charge is 0.253 e. The number of carbonyl (C=O) groups excluding carboxylic acids is 1.